The summed E-state index contributed by atoms with van der Waals surface area (Å²) in [6.45, 7) is 4.73. The zero-order chi connectivity index (χ0) is 40.5. The van der Waals surface area contributed by atoms with Gasteiger partial charge in [0.25, 0.3) is 0 Å². The van der Waals surface area contributed by atoms with Crippen molar-refractivity contribution in [3.05, 3.63) is 228 Å². The number of para-hydroxylation sites is 1. The predicted octanol–water partition coefficient (Wildman–Crippen LogP) is 15.3. The Morgan fingerprint density at radius 3 is 1.90 bits per heavy atom. The number of aromatic nitrogens is 1. The molecular formula is C57H38N2OS. The van der Waals surface area contributed by atoms with Gasteiger partial charge in [0.05, 0.1) is 16.5 Å². The van der Waals surface area contributed by atoms with Crippen molar-refractivity contribution in [2.75, 3.05) is 4.90 Å². The van der Waals surface area contributed by atoms with E-state index in [1.165, 1.54) is 65.4 Å². The van der Waals surface area contributed by atoms with Gasteiger partial charge in [-0.25, -0.2) is 0 Å². The third kappa shape index (κ3) is 4.68. The van der Waals surface area contributed by atoms with Crippen molar-refractivity contribution in [1.82, 2.24) is 4.98 Å². The van der Waals surface area contributed by atoms with Gasteiger partial charge in [-0.1, -0.05) is 153 Å². The lowest BCUT2D eigenvalue weighted by Crippen LogP contribution is -2.32. The highest BCUT2D eigenvalue weighted by Gasteiger charge is 2.51. The molecule has 0 unspecified atom stereocenters. The number of hydrogen-bond donors (Lipinski definition) is 0. The Hall–Kier alpha value is -7.14. The molecule has 2 aromatic heterocycles. The predicted molar refractivity (Wildman–Crippen MR) is 251 cm³/mol. The molecule has 2 aliphatic carbocycles. The summed E-state index contributed by atoms with van der Waals surface area (Å²) in [4.78, 5) is 9.73. The molecule has 3 nitrogen and oxygen atoms in total. The number of fused-ring (bicyclic) bond motifs is 15. The second kappa shape index (κ2) is 12.7. The molecule has 13 rings (SSSR count). The summed E-state index contributed by atoms with van der Waals surface area (Å²) in [7, 11) is 0. The van der Waals surface area contributed by atoms with Crippen LogP contribution in [0.25, 0.3) is 55.3 Å². The van der Waals surface area contributed by atoms with Crippen LogP contribution in [0.4, 0.5) is 17.1 Å². The van der Waals surface area contributed by atoms with Crippen LogP contribution in [-0.4, -0.2) is 4.98 Å². The van der Waals surface area contributed by atoms with Crippen molar-refractivity contribution in [2.45, 2.75) is 34.5 Å². The number of benzene rings is 8. The Balaban J connectivity index is 1.17. The number of anilines is 3. The van der Waals surface area contributed by atoms with Crippen molar-refractivity contribution in [1.29, 1.82) is 0 Å². The monoisotopic (exact) mass is 798 g/mol. The summed E-state index contributed by atoms with van der Waals surface area (Å²) < 4.78 is 6.60. The van der Waals surface area contributed by atoms with Crippen molar-refractivity contribution < 1.29 is 4.42 Å². The van der Waals surface area contributed by atoms with Gasteiger partial charge in [0.15, 0.2) is 0 Å². The first-order valence-electron chi connectivity index (χ1n) is 21.0. The summed E-state index contributed by atoms with van der Waals surface area (Å²) in [6, 6.07) is 67.3. The van der Waals surface area contributed by atoms with E-state index in [2.05, 4.69) is 201 Å². The van der Waals surface area contributed by atoms with Gasteiger partial charge in [-0.3, -0.25) is 4.98 Å². The van der Waals surface area contributed by atoms with Crippen LogP contribution in [0.3, 0.4) is 0 Å². The second-order valence-corrected chi connectivity index (χ2v) is 18.1. The summed E-state index contributed by atoms with van der Waals surface area (Å²) in [5.41, 5.74) is 19.5. The Morgan fingerprint density at radius 1 is 0.492 bits per heavy atom. The SMILES string of the molecule is CC1(C)c2ccccc2-c2ccc(N(c3cc(-c4cccnc4)c4c(c3)C3(c5ccccc5S4)c4ccccc4-c4ccccc43)c3cccc4oc5ccccc5c34)cc21. The van der Waals surface area contributed by atoms with Gasteiger partial charge in [0.1, 0.15) is 11.2 Å². The lowest BCUT2D eigenvalue weighted by atomic mass is 9.67. The van der Waals surface area contributed by atoms with Gasteiger partial charge in [-0.05, 0) is 116 Å². The molecule has 0 N–H and O–H groups in total. The van der Waals surface area contributed by atoms with E-state index in [0.29, 0.717) is 0 Å². The molecule has 0 saturated carbocycles. The molecule has 1 aliphatic heterocycles. The lowest BCUT2D eigenvalue weighted by Gasteiger charge is -2.41. The maximum atomic E-state index is 6.60. The van der Waals surface area contributed by atoms with Gasteiger partial charge in [0, 0.05) is 49.9 Å². The fourth-order valence-corrected chi connectivity index (χ4v) is 12.3. The van der Waals surface area contributed by atoms with Crippen LogP contribution in [0.2, 0.25) is 0 Å². The van der Waals surface area contributed by atoms with E-state index < -0.39 is 5.41 Å². The standard InChI is InChI=1S/C57H38N2OS/c1-56(2)44-20-7-3-16-38(44)41-29-28-36(32-48(41)56)59(50-24-13-26-52-54(50)42-19-6-11-25-51(42)60-52)37-31-43(35-15-14-30-58-34-35)55-49(33-37)57(47-23-10-12-27-53(47)61-55)45-21-8-4-17-39(45)40-18-5-9-22-46(40)57/h3-34H,1-2H3. The second-order valence-electron chi connectivity index (χ2n) is 17.0. The van der Waals surface area contributed by atoms with Crippen molar-refractivity contribution >= 4 is 50.8 Å². The molecule has 61 heavy (non-hydrogen) atoms. The molecule has 0 radical (unpaired) electrons. The number of hydrogen-bond acceptors (Lipinski definition) is 4. The van der Waals surface area contributed by atoms with Gasteiger partial charge in [-0.2, -0.15) is 0 Å². The molecular weight excluding hydrogens is 761 g/mol. The van der Waals surface area contributed by atoms with Crippen LogP contribution in [0.1, 0.15) is 47.2 Å². The molecule has 0 atom stereocenters. The minimum Gasteiger partial charge on any atom is -0.456 e. The topological polar surface area (TPSA) is 29.3 Å². The van der Waals surface area contributed by atoms with Crippen LogP contribution >= 0.6 is 11.8 Å². The zero-order valence-electron chi connectivity index (χ0n) is 33.7. The quantitative estimate of drug-likeness (QED) is 0.177. The van der Waals surface area contributed by atoms with Crippen LogP contribution in [0.5, 0.6) is 0 Å². The molecule has 3 heterocycles. The van der Waals surface area contributed by atoms with E-state index in [0.717, 1.165) is 50.1 Å². The highest BCUT2D eigenvalue weighted by molar-refractivity contribution is 7.99. The first-order chi connectivity index (χ1) is 30.0. The largest absolute Gasteiger partial charge is 0.456 e. The van der Waals surface area contributed by atoms with E-state index in [1.807, 2.05) is 24.2 Å². The number of rotatable bonds is 4. The van der Waals surface area contributed by atoms with Crippen LogP contribution in [0.15, 0.2) is 209 Å². The molecule has 0 saturated heterocycles. The highest BCUT2D eigenvalue weighted by atomic mass is 32.2. The first kappa shape index (κ1) is 34.7. The van der Waals surface area contributed by atoms with Gasteiger partial charge < -0.3 is 9.32 Å². The fourth-order valence-electron chi connectivity index (χ4n) is 11.0. The summed E-state index contributed by atoms with van der Waals surface area (Å²) in [6.07, 6.45) is 3.89. The van der Waals surface area contributed by atoms with Crippen LogP contribution in [0, 0.1) is 0 Å². The molecule has 0 fully saturated rings. The average Bonchev–Trinajstić information content (AvgIpc) is 3.91. The van der Waals surface area contributed by atoms with E-state index in [-0.39, 0.29) is 5.41 Å². The fraction of sp³-hybridized carbons (Fsp3) is 0.0702. The van der Waals surface area contributed by atoms with Crippen molar-refractivity contribution in [3.63, 3.8) is 0 Å². The maximum Gasteiger partial charge on any atom is 0.137 e. The van der Waals surface area contributed by atoms with Crippen LogP contribution < -0.4 is 4.90 Å². The Bertz CT molecular complexity index is 3410. The van der Waals surface area contributed by atoms with E-state index in [4.69, 9.17) is 9.40 Å². The average molecular weight is 799 g/mol. The van der Waals surface area contributed by atoms with Gasteiger partial charge >= 0.3 is 0 Å². The summed E-state index contributed by atoms with van der Waals surface area (Å²) in [5.74, 6) is 0. The van der Waals surface area contributed by atoms with E-state index >= 15 is 0 Å². The Morgan fingerprint density at radius 2 is 1.13 bits per heavy atom. The normalized spacial score (nSPS) is 14.6. The van der Waals surface area contributed by atoms with Crippen molar-refractivity contribution in [2.24, 2.45) is 0 Å². The van der Waals surface area contributed by atoms with E-state index in [1.54, 1.807) is 0 Å². The highest BCUT2D eigenvalue weighted by Crippen LogP contribution is 2.64. The Labute approximate surface area is 359 Å². The summed E-state index contributed by atoms with van der Waals surface area (Å²) >= 11 is 1.88. The third-order valence-corrected chi connectivity index (χ3v) is 14.8. The molecule has 8 aromatic carbocycles. The first-order valence-corrected chi connectivity index (χ1v) is 21.8. The zero-order valence-corrected chi connectivity index (χ0v) is 34.5. The summed E-state index contributed by atoms with van der Waals surface area (Å²) in [5, 5.41) is 2.19. The van der Waals surface area contributed by atoms with Crippen LogP contribution in [-0.2, 0) is 10.8 Å². The maximum absolute atomic E-state index is 6.60. The van der Waals surface area contributed by atoms with E-state index in [9.17, 15) is 0 Å². The minimum absolute atomic E-state index is 0.180. The smallest absolute Gasteiger partial charge is 0.137 e. The molecule has 0 amide bonds. The van der Waals surface area contributed by atoms with Crippen molar-refractivity contribution in [3.8, 4) is 33.4 Å². The molecule has 10 aromatic rings. The Kier molecular flexibility index (Phi) is 7.22. The molecule has 4 heteroatoms. The molecule has 3 aliphatic rings. The molecule has 0 bridgehead atoms. The molecule has 288 valence electrons. The molecule has 1 spiro atoms. The third-order valence-electron chi connectivity index (χ3n) is 13.6. The van der Waals surface area contributed by atoms with Gasteiger partial charge in [0.2, 0.25) is 0 Å². The number of pyridine rings is 1. The van der Waals surface area contributed by atoms with Gasteiger partial charge in [-0.15, -0.1) is 0 Å². The minimum atomic E-state index is -0.571. The lowest BCUT2D eigenvalue weighted by molar-refractivity contribution is 0.660. The number of furan rings is 1. The number of nitrogens with zero attached hydrogens (tertiary/aromatic N) is 2.